The van der Waals surface area contributed by atoms with Gasteiger partial charge in [0.15, 0.2) is 0 Å². The largest absolute Gasteiger partial charge is 0.416 e. The summed E-state index contributed by atoms with van der Waals surface area (Å²) in [6.45, 7) is 4.05. The van der Waals surface area contributed by atoms with Crippen LogP contribution in [-0.4, -0.2) is 24.0 Å². The highest BCUT2D eigenvalue weighted by molar-refractivity contribution is 6.03. The number of aromatic nitrogens is 1. The monoisotopic (exact) mass is 363 g/mol. The van der Waals surface area contributed by atoms with Crippen LogP contribution in [0.4, 0.5) is 24.5 Å². The van der Waals surface area contributed by atoms with Crippen molar-refractivity contribution < 1.29 is 18.0 Å². The molecule has 0 unspecified atom stereocenters. The lowest BCUT2D eigenvalue weighted by atomic mass is 9.99. The molecule has 0 bridgehead atoms. The molecule has 1 N–H and O–H groups in total. The Morgan fingerprint density at radius 2 is 1.92 bits per heavy atom. The third-order valence-electron chi connectivity index (χ3n) is 4.57. The van der Waals surface area contributed by atoms with E-state index < -0.39 is 17.6 Å². The minimum atomic E-state index is -4.45. The number of hydrogen-bond donors (Lipinski definition) is 1. The standard InChI is InChI=1S/C19H20F3N3O/c1-13-6-9-25(10-7-13)16-5-8-23-17(12-16)18(26)24-15-4-2-3-14(11-15)19(20,21)22/h2-5,8,11-13H,6-7,9-10H2,1H3,(H,24,26). The number of halogens is 3. The third kappa shape index (κ3) is 4.33. The maximum absolute atomic E-state index is 12.8. The zero-order valence-corrected chi connectivity index (χ0v) is 14.4. The Labute approximate surface area is 150 Å². The van der Waals surface area contributed by atoms with Gasteiger partial charge in [0.1, 0.15) is 5.69 Å². The van der Waals surface area contributed by atoms with Gasteiger partial charge in [-0.05, 0) is 49.1 Å². The molecule has 2 aromatic rings. The van der Waals surface area contributed by atoms with Gasteiger partial charge in [0.05, 0.1) is 5.56 Å². The van der Waals surface area contributed by atoms with Crippen LogP contribution >= 0.6 is 0 Å². The molecule has 1 aromatic heterocycles. The van der Waals surface area contributed by atoms with E-state index in [4.69, 9.17) is 0 Å². The van der Waals surface area contributed by atoms with Crippen LogP contribution in [0.3, 0.4) is 0 Å². The molecule has 1 fully saturated rings. The number of anilines is 2. The molecule has 26 heavy (non-hydrogen) atoms. The number of nitrogens with zero attached hydrogens (tertiary/aromatic N) is 2. The van der Waals surface area contributed by atoms with Crippen molar-refractivity contribution in [3.8, 4) is 0 Å². The number of rotatable bonds is 3. The summed E-state index contributed by atoms with van der Waals surface area (Å²) in [6.07, 6.45) is -0.721. The molecule has 3 rings (SSSR count). The van der Waals surface area contributed by atoms with Gasteiger partial charge in [-0.3, -0.25) is 9.78 Å². The van der Waals surface area contributed by atoms with Crippen LogP contribution < -0.4 is 10.2 Å². The molecule has 0 saturated carbocycles. The smallest absolute Gasteiger partial charge is 0.371 e. The van der Waals surface area contributed by atoms with Crippen molar-refractivity contribution in [2.24, 2.45) is 5.92 Å². The lowest BCUT2D eigenvalue weighted by Gasteiger charge is -2.32. The minimum Gasteiger partial charge on any atom is -0.371 e. The molecule has 0 atom stereocenters. The van der Waals surface area contributed by atoms with Crippen molar-refractivity contribution in [2.45, 2.75) is 25.9 Å². The third-order valence-corrected chi connectivity index (χ3v) is 4.57. The number of benzene rings is 1. The fourth-order valence-electron chi connectivity index (χ4n) is 2.98. The van der Waals surface area contributed by atoms with E-state index in [9.17, 15) is 18.0 Å². The van der Waals surface area contributed by atoms with E-state index >= 15 is 0 Å². The van der Waals surface area contributed by atoms with Crippen molar-refractivity contribution >= 4 is 17.3 Å². The van der Waals surface area contributed by atoms with Crippen molar-refractivity contribution in [3.05, 3.63) is 53.9 Å². The Morgan fingerprint density at radius 1 is 1.19 bits per heavy atom. The van der Waals surface area contributed by atoms with Crippen LogP contribution in [0.25, 0.3) is 0 Å². The number of alkyl halides is 3. The summed E-state index contributed by atoms with van der Waals surface area (Å²) in [6, 6.07) is 8.08. The van der Waals surface area contributed by atoms with Crippen molar-refractivity contribution in [1.82, 2.24) is 4.98 Å². The highest BCUT2D eigenvalue weighted by Crippen LogP contribution is 2.30. The van der Waals surface area contributed by atoms with Gasteiger partial charge in [-0.15, -0.1) is 0 Å². The SMILES string of the molecule is CC1CCN(c2ccnc(C(=O)Nc3cccc(C(F)(F)F)c3)c2)CC1. The number of amides is 1. The molecular formula is C19H20F3N3O. The van der Waals surface area contributed by atoms with Crippen LogP contribution in [0.5, 0.6) is 0 Å². The Kier molecular flexibility index (Phi) is 5.15. The minimum absolute atomic E-state index is 0.0869. The molecule has 1 aliphatic heterocycles. The summed E-state index contributed by atoms with van der Waals surface area (Å²) in [4.78, 5) is 18.6. The van der Waals surface area contributed by atoms with Crippen LogP contribution in [0.1, 0.15) is 35.8 Å². The molecular weight excluding hydrogens is 343 g/mol. The highest BCUT2D eigenvalue weighted by atomic mass is 19.4. The van der Waals surface area contributed by atoms with Crippen LogP contribution in [0.15, 0.2) is 42.6 Å². The van der Waals surface area contributed by atoms with E-state index in [1.165, 1.54) is 12.1 Å². The lowest BCUT2D eigenvalue weighted by Crippen LogP contribution is -2.33. The molecule has 1 aliphatic rings. The van der Waals surface area contributed by atoms with Gasteiger partial charge in [-0.2, -0.15) is 13.2 Å². The number of pyridine rings is 1. The first-order chi connectivity index (χ1) is 12.3. The Morgan fingerprint density at radius 3 is 2.62 bits per heavy atom. The summed E-state index contributed by atoms with van der Waals surface area (Å²) >= 11 is 0. The van der Waals surface area contributed by atoms with Gasteiger partial charge < -0.3 is 10.2 Å². The fraction of sp³-hybridized carbons (Fsp3) is 0.368. The summed E-state index contributed by atoms with van der Waals surface area (Å²) in [5.74, 6) is 0.160. The molecule has 0 radical (unpaired) electrons. The van der Waals surface area contributed by atoms with E-state index in [0.717, 1.165) is 43.8 Å². The van der Waals surface area contributed by atoms with Crippen molar-refractivity contribution in [2.75, 3.05) is 23.3 Å². The van der Waals surface area contributed by atoms with Crippen LogP contribution in [-0.2, 0) is 6.18 Å². The molecule has 1 saturated heterocycles. The first-order valence-corrected chi connectivity index (χ1v) is 8.52. The van der Waals surface area contributed by atoms with Gasteiger partial charge in [-0.1, -0.05) is 13.0 Å². The zero-order chi connectivity index (χ0) is 18.7. The number of carbonyl (C=O) groups excluding carboxylic acids is 1. The Bertz CT molecular complexity index is 784. The second kappa shape index (κ2) is 7.35. The van der Waals surface area contributed by atoms with Gasteiger partial charge in [0.2, 0.25) is 0 Å². The molecule has 0 spiro atoms. The Balaban J connectivity index is 1.73. The van der Waals surface area contributed by atoms with Crippen LogP contribution in [0.2, 0.25) is 0 Å². The normalized spacial score (nSPS) is 15.8. The molecule has 2 heterocycles. The number of hydrogen-bond acceptors (Lipinski definition) is 3. The highest BCUT2D eigenvalue weighted by Gasteiger charge is 2.30. The summed E-state index contributed by atoms with van der Waals surface area (Å²) in [5.41, 5.74) is 0.364. The molecule has 0 aliphatic carbocycles. The summed E-state index contributed by atoms with van der Waals surface area (Å²) in [5, 5.41) is 2.49. The maximum atomic E-state index is 12.8. The molecule has 4 nitrogen and oxygen atoms in total. The predicted molar refractivity (Wildman–Crippen MR) is 94.2 cm³/mol. The van der Waals surface area contributed by atoms with Gasteiger partial charge in [-0.25, -0.2) is 0 Å². The van der Waals surface area contributed by atoms with E-state index in [1.807, 2.05) is 6.07 Å². The average Bonchev–Trinajstić information content (AvgIpc) is 2.62. The van der Waals surface area contributed by atoms with Gasteiger partial charge in [0.25, 0.3) is 5.91 Å². The van der Waals surface area contributed by atoms with Crippen molar-refractivity contribution in [1.29, 1.82) is 0 Å². The average molecular weight is 363 g/mol. The van der Waals surface area contributed by atoms with Gasteiger partial charge in [0, 0.05) is 30.7 Å². The number of nitrogens with one attached hydrogen (secondary N) is 1. The fourth-order valence-corrected chi connectivity index (χ4v) is 2.98. The second-order valence-corrected chi connectivity index (χ2v) is 6.60. The van der Waals surface area contributed by atoms with E-state index in [2.05, 4.69) is 22.1 Å². The Hall–Kier alpha value is -2.57. The molecule has 138 valence electrons. The molecule has 1 aromatic carbocycles. The zero-order valence-electron chi connectivity index (χ0n) is 14.4. The lowest BCUT2D eigenvalue weighted by molar-refractivity contribution is -0.137. The van der Waals surface area contributed by atoms with E-state index in [1.54, 1.807) is 12.3 Å². The summed E-state index contributed by atoms with van der Waals surface area (Å²) in [7, 11) is 0. The van der Waals surface area contributed by atoms with E-state index in [-0.39, 0.29) is 11.4 Å². The predicted octanol–water partition coefficient (Wildman–Crippen LogP) is 4.59. The number of piperidine rings is 1. The quantitative estimate of drug-likeness (QED) is 0.868. The first-order valence-electron chi connectivity index (χ1n) is 8.52. The van der Waals surface area contributed by atoms with Gasteiger partial charge >= 0.3 is 6.18 Å². The molecule has 1 amide bonds. The second-order valence-electron chi connectivity index (χ2n) is 6.60. The molecule has 7 heteroatoms. The number of carbonyl (C=O) groups is 1. The first kappa shape index (κ1) is 18.2. The van der Waals surface area contributed by atoms with E-state index in [0.29, 0.717) is 5.92 Å². The van der Waals surface area contributed by atoms with Crippen LogP contribution in [0, 0.1) is 5.92 Å². The van der Waals surface area contributed by atoms with Crippen molar-refractivity contribution in [3.63, 3.8) is 0 Å². The topological polar surface area (TPSA) is 45.2 Å². The maximum Gasteiger partial charge on any atom is 0.416 e. The summed E-state index contributed by atoms with van der Waals surface area (Å²) < 4.78 is 38.4.